The van der Waals surface area contributed by atoms with Crippen LogP contribution in [0.5, 0.6) is 0 Å². The number of ether oxygens (including phenoxy) is 1. The summed E-state index contributed by atoms with van der Waals surface area (Å²) in [6.45, 7) is 1.64. The molecule has 0 atom stereocenters. The first-order valence-electron chi connectivity index (χ1n) is 6.08. The van der Waals surface area contributed by atoms with Crippen LogP contribution in [0.4, 0.5) is 10.2 Å². The van der Waals surface area contributed by atoms with Crippen LogP contribution < -0.4 is 0 Å². The van der Waals surface area contributed by atoms with Gasteiger partial charge >= 0.3 is 11.8 Å². The van der Waals surface area contributed by atoms with E-state index in [0.29, 0.717) is 5.82 Å². The fourth-order valence-corrected chi connectivity index (χ4v) is 1.81. The molecule has 1 aromatic heterocycles. The van der Waals surface area contributed by atoms with E-state index in [9.17, 15) is 19.3 Å². The standard InChI is InChI=1S/C13H12FN3O4/c1-9-15-8-12(17(19)20)16(9)5-6-21-13(18)10-3-2-4-11(14)7-10/h2-4,7-8H,5-6H2,1H3. The Balaban J connectivity index is 1.97. The van der Waals surface area contributed by atoms with Crippen LogP contribution in [0.15, 0.2) is 30.5 Å². The Hall–Kier alpha value is -2.77. The molecule has 1 heterocycles. The minimum Gasteiger partial charge on any atom is -0.458 e. The molecule has 0 radical (unpaired) electrons. The highest BCUT2D eigenvalue weighted by atomic mass is 19.1. The average molecular weight is 293 g/mol. The molecular weight excluding hydrogens is 281 g/mol. The van der Waals surface area contributed by atoms with E-state index in [1.54, 1.807) is 6.92 Å². The average Bonchev–Trinajstić information content (AvgIpc) is 2.80. The molecule has 0 saturated carbocycles. The number of hydrogen-bond acceptors (Lipinski definition) is 5. The molecule has 0 aliphatic heterocycles. The molecule has 2 rings (SSSR count). The number of esters is 1. The number of aryl methyl sites for hydroxylation is 1. The number of nitrogens with zero attached hydrogens (tertiary/aromatic N) is 3. The number of aromatic nitrogens is 2. The van der Waals surface area contributed by atoms with Gasteiger partial charge in [-0.15, -0.1) is 0 Å². The largest absolute Gasteiger partial charge is 0.458 e. The van der Waals surface area contributed by atoms with E-state index in [-0.39, 0.29) is 24.5 Å². The molecule has 0 fully saturated rings. The molecule has 21 heavy (non-hydrogen) atoms. The molecule has 0 saturated heterocycles. The van der Waals surface area contributed by atoms with Crippen LogP contribution in [0.1, 0.15) is 16.2 Å². The lowest BCUT2D eigenvalue weighted by atomic mass is 10.2. The first-order chi connectivity index (χ1) is 9.99. The van der Waals surface area contributed by atoms with E-state index in [2.05, 4.69) is 4.98 Å². The zero-order chi connectivity index (χ0) is 15.4. The van der Waals surface area contributed by atoms with Crippen molar-refractivity contribution in [3.8, 4) is 0 Å². The number of imidazole rings is 1. The van der Waals surface area contributed by atoms with Crippen molar-refractivity contribution in [3.05, 3.63) is 57.8 Å². The predicted molar refractivity (Wildman–Crippen MR) is 70.3 cm³/mol. The van der Waals surface area contributed by atoms with Crippen molar-refractivity contribution in [2.24, 2.45) is 0 Å². The Morgan fingerprint density at radius 3 is 2.95 bits per heavy atom. The lowest BCUT2D eigenvalue weighted by Gasteiger charge is -2.05. The molecule has 0 amide bonds. The predicted octanol–water partition coefficient (Wildman–Crippen LogP) is 2.10. The minimum atomic E-state index is -0.685. The first-order valence-corrected chi connectivity index (χ1v) is 6.08. The summed E-state index contributed by atoms with van der Waals surface area (Å²) in [4.78, 5) is 25.7. The Kier molecular flexibility index (Phi) is 4.27. The molecule has 2 aromatic rings. The van der Waals surface area contributed by atoms with Gasteiger partial charge in [-0.1, -0.05) is 6.07 Å². The topological polar surface area (TPSA) is 87.3 Å². The van der Waals surface area contributed by atoms with E-state index < -0.39 is 16.7 Å². The molecular formula is C13H12FN3O4. The van der Waals surface area contributed by atoms with Gasteiger partial charge < -0.3 is 14.9 Å². The van der Waals surface area contributed by atoms with Crippen molar-refractivity contribution >= 4 is 11.8 Å². The van der Waals surface area contributed by atoms with Gasteiger partial charge in [0.25, 0.3) is 0 Å². The van der Waals surface area contributed by atoms with E-state index in [0.717, 1.165) is 12.3 Å². The number of carbonyl (C=O) groups excluding carboxylic acids is 1. The number of rotatable bonds is 5. The van der Waals surface area contributed by atoms with Crippen molar-refractivity contribution in [1.29, 1.82) is 0 Å². The van der Waals surface area contributed by atoms with Crippen LogP contribution in [0.25, 0.3) is 0 Å². The highest BCUT2D eigenvalue weighted by Crippen LogP contribution is 2.13. The van der Waals surface area contributed by atoms with Crippen molar-refractivity contribution in [3.63, 3.8) is 0 Å². The summed E-state index contributed by atoms with van der Waals surface area (Å²) in [5.74, 6) is -0.946. The molecule has 0 bridgehead atoms. The third-order valence-electron chi connectivity index (χ3n) is 2.83. The monoisotopic (exact) mass is 293 g/mol. The summed E-state index contributed by atoms with van der Waals surface area (Å²) in [5, 5.41) is 10.8. The van der Waals surface area contributed by atoms with Gasteiger partial charge in [-0.25, -0.2) is 18.7 Å². The van der Waals surface area contributed by atoms with E-state index >= 15 is 0 Å². The number of halogens is 1. The molecule has 1 aromatic carbocycles. The fraction of sp³-hybridized carbons (Fsp3) is 0.231. The molecule has 7 nitrogen and oxygen atoms in total. The maximum absolute atomic E-state index is 13.0. The van der Waals surface area contributed by atoms with Crippen LogP contribution in [0.2, 0.25) is 0 Å². The molecule has 110 valence electrons. The van der Waals surface area contributed by atoms with E-state index in [1.165, 1.54) is 22.8 Å². The summed E-state index contributed by atoms with van der Waals surface area (Å²) < 4.78 is 19.3. The maximum Gasteiger partial charge on any atom is 0.342 e. The van der Waals surface area contributed by atoms with Crippen LogP contribution in [0.3, 0.4) is 0 Å². The van der Waals surface area contributed by atoms with Crippen molar-refractivity contribution in [2.45, 2.75) is 13.5 Å². The van der Waals surface area contributed by atoms with Gasteiger partial charge in [0.05, 0.1) is 5.56 Å². The van der Waals surface area contributed by atoms with Crippen molar-refractivity contribution < 1.29 is 18.8 Å². The first kappa shape index (κ1) is 14.6. The highest BCUT2D eigenvalue weighted by molar-refractivity contribution is 5.89. The summed E-state index contributed by atoms with van der Waals surface area (Å²) in [5.41, 5.74) is 0.0897. The van der Waals surface area contributed by atoms with Crippen LogP contribution >= 0.6 is 0 Å². The number of hydrogen-bond donors (Lipinski definition) is 0. The zero-order valence-corrected chi connectivity index (χ0v) is 11.2. The van der Waals surface area contributed by atoms with Gasteiger partial charge in [-0.05, 0) is 23.1 Å². The van der Waals surface area contributed by atoms with Gasteiger partial charge in [0, 0.05) is 6.92 Å². The maximum atomic E-state index is 13.0. The molecule has 0 unspecified atom stereocenters. The van der Waals surface area contributed by atoms with Gasteiger partial charge in [0.15, 0.2) is 5.82 Å². The molecule has 0 N–H and O–H groups in total. The summed E-state index contributed by atoms with van der Waals surface area (Å²) in [6.07, 6.45) is 1.14. The SMILES string of the molecule is Cc1ncc([N+](=O)[O-])n1CCOC(=O)c1cccc(F)c1. The normalized spacial score (nSPS) is 10.4. The van der Waals surface area contributed by atoms with Gasteiger partial charge in [-0.2, -0.15) is 0 Å². The van der Waals surface area contributed by atoms with Crippen LogP contribution in [0, 0.1) is 22.9 Å². The number of nitro groups is 1. The summed E-state index contributed by atoms with van der Waals surface area (Å²) in [6, 6.07) is 5.11. The second-order valence-corrected chi connectivity index (χ2v) is 4.22. The quantitative estimate of drug-likeness (QED) is 0.478. The van der Waals surface area contributed by atoms with E-state index in [1.807, 2.05) is 0 Å². The third kappa shape index (κ3) is 3.41. The Morgan fingerprint density at radius 2 is 2.29 bits per heavy atom. The van der Waals surface area contributed by atoms with Crippen molar-refractivity contribution in [1.82, 2.24) is 9.55 Å². The second-order valence-electron chi connectivity index (χ2n) is 4.22. The Morgan fingerprint density at radius 1 is 1.52 bits per heavy atom. The van der Waals surface area contributed by atoms with Crippen LogP contribution in [-0.4, -0.2) is 27.1 Å². The fourth-order valence-electron chi connectivity index (χ4n) is 1.81. The van der Waals surface area contributed by atoms with Gasteiger partial charge in [0.2, 0.25) is 0 Å². The molecule has 8 heteroatoms. The summed E-state index contributed by atoms with van der Waals surface area (Å²) >= 11 is 0. The zero-order valence-electron chi connectivity index (χ0n) is 11.2. The third-order valence-corrected chi connectivity index (χ3v) is 2.83. The molecule has 0 aliphatic carbocycles. The lowest BCUT2D eigenvalue weighted by molar-refractivity contribution is -0.392. The molecule has 0 aliphatic rings. The molecule has 0 spiro atoms. The smallest absolute Gasteiger partial charge is 0.342 e. The van der Waals surface area contributed by atoms with Crippen LogP contribution in [-0.2, 0) is 11.3 Å². The van der Waals surface area contributed by atoms with E-state index in [4.69, 9.17) is 4.74 Å². The highest BCUT2D eigenvalue weighted by Gasteiger charge is 2.17. The lowest BCUT2D eigenvalue weighted by Crippen LogP contribution is -2.14. The van der Waals surface area contributed by atoms with Gasteiger partial charge in [0.1, 0.15) is 25.2 Å². The number of carbonyl (C=O) groups is 1. The summed E-state index contributed by atoms with van der Waals surface area (Å²) in [7, 11) is 0. The Labute approximate surface area is 119 Å². The van der Waals surface area contributed by atoms with Gasteiger partial charge in [-0.3, -0.25) is 0 Å². The minimum absolute atomic E-state index is 0.0760. The number of benzene rings is 1. The Bertz CT molecular complexity index is 684. The van der Waals surface area contributed by atoms with Crippen molar-refractivity contribution in [2.75, 3.05) is 6.61 Å². The second kappa shape index (κ2) is 6.12.